The molecule has 154 valence electrons. The zero-order valence-electron chi connectivity index (χ0n) is 15.3. The average Bonchev–Trinajstić information content (AvgIpc) is 2.66. The molecule has 0 aliphatic heterocycles. The molecular weight excluding hydrogens is 389 g/mol. The molecule has 2 aromatic carbocycles. The number of ether oxygens (including phenoxy) is 2. The normalized spacial score (nSPS) is 11.4. The van der Waals surface area contributed by atoms with Crippen LogP contribution in [0, 0.1) is 0 Å². The third-order valence-electron chi connectivity index (χ3n) is 3.72. The molecule has 0 saturated carbocycles. The predicted octanol–water partition coefficient (Wildman–Crippen LogP) is 5.12. The van der Waals surface area contributed by atoms with E-state index in [1.165, 1.54) is 30.3 Å². The van der Waals surface area contributed by atoms with Gasteiger partial charge in [0.1, 0.15) is 11.5 Å². The molecule has 8 heteroatoms. The van der Waals surface area contributed by atoms with Crippen LogP contribution in [0.3, 0.4) is 0 Å². The summed E-state index contributed by atoms with van der Waals surface area (Å²) in [6.45, 7) is 0.155. The van der Waals surface area contributed by atoms with E-state index >= 15 is 0 Å². The third-order valence-corrected chi connectivity index (χ3v) is 3.72. The first-order valence-electron chi connectivity index (χ1n) is 8.76. The van der Waals surface area contributed by atoms with Gasteiger partial charge in [-0.3, -0.25) is 0 Å². The molecule has 0 aliphatic carbocycles. The van der Waals surface area contributed by atoms with Gasteiger partial charge in [-0.1, -0.05) is 12.1 Å². The summed E-state index contributed by atoms with van der Waals surface area (Å²) in [5.74, 6) is -0.902. The topological polar surface area (TPSA) is 72.8 Å². The van der Waals surface area contributed by atoms with Gasteiger partial charge in [0.25, 0.3) is 0 Å². The van der Waals surface area contributed by atoms with Crippen LogP contribution in [0.25, 0.3) is 6.08 Å². The minimum absolute atomic E-state index is 0.00119. The van der Waals surface area contributed by atoms with E-state index in [-0.39, 0.29) is 25.0 Å². The van der Waals surface area contributed by atoms with Crippen molar-refractivity contribution in [3.05, 3.63) is 65.7 Å². The molecule has 0 bridgehead atoms. The SMILES string of the molecule is O=C(O)C=Cc1ccc(OC(=O)c2ccc(OCCCCC(F)(F)F)cc2)cc1. The number of halogens is 3. The largest absolute Gasteiger partial charge is 0.494 e. The van der Waals surface area contributed by atoms with Crippen LogP contribution in [0.5, 0.6) is 11.5 Å². The smallest absolute Gasteiger partial charge is 0.389 e. The lowest BCUT2D eigenvalue weighted by molar-refractivity contribution is -0.136. The molecule has 1 N–H and O–H groups in total. The molecule has 0 atom stereocenters. The van der Waals surface area contributed by atoms with Gasteiger partial charge in [-0.15, -0.1) is 0 Å². The van der Waals surface area contributed by atoms with E-state index in [2.05, 4.69) is 0 Å². The summed E-state index contributed by atoms with van der Waals surface area (Å²) in [7, 11) is 0. The fraction of sp³-hybridized carbons (Fsp3) is 0.238. The first-order valence-corrected chi connectivity index (χ1v) is 8.76. The van der Waals surface area contributed by atoms with Crippen molar-refractivity contribution in [2.24, 2.45) is 0 Å². The molecule has 0 saturated heterocycles. The number of hydrogen-bond acceptors (Lipinski definition) is 4. The molecule has 5 nitrogen and oxygen atoms in total. The number of rotatable bonds is 9. The van der Waals surface area contributed by atoms with Crippen LogP contribution in [0.1, 0.15) is 35.2 Å². The van der Waals surface area contributed by atoms with Gasteiger partial charge in [-0.2, -0.15) is 13.2 Å². The lowest BCUT2D eigenvalue weighted by atomic mass is 10.2. The number of carbonyl (C=O) groups excluding carboxylic acids is 1. The van der Waals surface area contributed by atoms with Crippen molar-refractivity contribution < 1.29 is 37.3 Å². The van der Waals surface area contributed by atoms with Gasteiger partial charge in [-0.25, -0.2) is 9.59 Å². The molecule has 0 aromatic heterocycles. The van der Waals surface area contributed by atoms with Crippen molar-refractivity contribution in [2.45, 2.75) is 25.4 Å². The van der Waals surface area contributed by atoms with Crippen LogP contribution in [0.2, 0.25) is 0 Å². The molecule has 2 rings (SSSR count). The Bertz CT molecular complexity index is 840. The molecule has 0 fully saturated rings. The Morgan fingerprint density at radius 1 is 0.931 bits per heavy atom. The summed E-state index contributed by atoms with van der Waals surface area (Å²) < 4.78 is 46.8. The van der Waals surface area contributed by atoms with Crippen LogP contribution in [0.15, 0.2) is 54.6 Å². The third kappa shape index (κ3) is 8.50. The van der Waals surface area contributed by atoms with Crippen molar-refractivity contribution in [2.75, 3.05) is 6.61 Å². The van der Waals surface area contributed by atoms with E-state index in [4.69, 9.17) is 14.6 Å². The van der Waals surface area contributed by atoms with Crippen LogP contribution in [-0.4, -0.2) is 29.8 Å². The van der Waals surface area contributed by atoms with Crippen LogP contribution < -0.4 is 9.47 Å². The number of unbranched alkanes of at least 4 members (excludes halogenated alkanes) is 1. The zero-order chi connectivity index (χ0) is 21.3. The second kappa shape index (κ2) is 10.3. The summed E-state index contributed by atoms with van der Waals surface area (Å²) in [6.07, 6.45) is -2.30. The van der Waals surface area contributed by atoms with Crippen LogP contribution in [-0.2, 0) is 4.79 Å². The van der Waals surface area contributed by atoms with E-state index in [0.717, 1.165) is 6.08 Å². The van der Waals surface area contributed by atoms with Crippen molar-refractivity contribution in [1.82, 2.24) is 0 Å². The Morgan fingerprint density at radius 2 is 1.55 bits per heavy atom. The van der Waals surface area contributed by atoms with Crippen LogP contribution in [0.4, 0.5) is 13.2 Å². The first-order chi connectivity index (χ1) is 13.7. The highest BCUT2D eigenvalue weighted by molar-refractivity contribution is 5.91. The minimum Gasteiger partial charge on any atom is -0.494 e. The van der Waals surface area contributed by atoms with Crippen LogP contribution >= 0.6 is 0 Å². The minimum atomic E-state index is -4.16. The Morgan fingerprint density at radius 3 is 2.14 bits per heavy atom. The molecule has 0 spiro atoms. The van der Waals surface area contributed by atoms with Gasteiger partial charge in [0.2, 0.25) is 0 Å². The standard InChI is InChI=1S/C21H19F3O5/c22-21(23,24)13-1-2-14-28-17-10-6-16(7-11-17)20(27)29-18-8-3-15(4-9-18)5-12-19(25)26/h3-12H,1-2,13-14H2,(H,25,26). The lowest BCUT2D eigenvalue weighted by Gasteiger charge is -2.09. The maximum absolute atomic E-state index is 12.2. The highest BCUT2D eigenvalue weighted by atomic mass is 19.4. The fourth-order valence-corrected chi connectivity index (χ4v) is 2.29. The molecule has 2 aromatic rings. The fourth-order valence-electron chi connectivity index (χ4n) is 2.29. The van der Waals surface area contributed by atoms with E-state index in [1.807, 2.05) is 0 Å². The number of carboxylic acids is 1. The molecule has 0 aliphatic rings. The number of alkyl halides is 3. The van der Waals surface area contributed by atoms with Crippen molar-refractivity contribution in [1.29, 1.82) is 0 Å². The van der Waals surface area contributed by atoms with Crippen molar-refractivity contribution >= 4 is 18.0 Å². The number of carbonyl (C=O) groups is 2. The van der Waals surface area contributed by atoms with Crippen molar-refractivity contribution in [3.63, 3.8) is 0 Å². The summed E-state index contributed by atoms with van der Waals surface area (Å²) in [5.41, 5.74) is 0.924. The Labute approximate surface area is 165 Å². The lowest BCUT2D eigenvalue weighted by Crippen LogP contribution is -2.09. The molecule has 29 heavy (non-hydrogen) atoms. The Hall–Kier alpha value is -3.29. The predicted molar refractivity (Wildman–Crippen MR) is 99.9 cm³/mol. The van der Waals surface area contributed by atoms with Crippen molar-refractivity contribution in [3.8, 4) is 11.5 Å². The second-order valence-corrected chi connectivity index (χ2v) is 6.08. The van der Waals surface area contributed by atoms with Gasteiger partial charge in [-0.05, 0) is 60.9 Å². The van der Waals surface area contributed by atoms with Gasteiger partial charge < -0.3 is 14.6 Å². The zero-order valence-corrected chi connectivity index (χ0v) is 15.3. The quantitative estimate of drug-likeness (QED) is 0.270. The average molecular weight is 408 g/mol. The Kier molecular flexibility index (Phi) is 7.82. The number of esters is 1. The first kappa shape index (κ1) is 22.0. The van der Waals surface area contributed by atoms with Gasteiger partial charge in [0.15, 0.2) is 0 Å². The molecule has 0 unspecified atom stereocenters. The van der Waals surface area contributed by atoms with E-state index in [9.17, 15) is 22.8 Å². The summed E-state index contributed by atoms with van der Waals surface area (Å²) in [5, 5.41) is 8.59. The Balaban J connectivity index is 1.81. The second-order valence-electron chi connectivity index (χ2n) is 6.08. The summed E-state index contributed by atoms with van der Waals surface area (Å²) >= 11 is 0. The number of aliphatic carboxylic acids is 1. The van der Waals surface area contributed by atoms with Gasteiger partial charge in [0, 0.05) is 12.5 Å². The maximum Gasteiger partial charge on any atom is 0.389 e. The monoisotopic (exact) mass is 408 g/mol. The molecule has 0 radical (unpaired) electrons. The number of hydrogen-bond donors (Lipinski definition) is 1. The highest BCUT2D eigenvalue weighted by Crippen LogP contribution is 2.22. The summed E-state index contributed by atoms with van der Waals surface area (Å²) in [6, 6.07) is 12.4. The molecule has 0 amide bonds. The maximum atomic E-state index is 12.2. The molecule has 0 heterocycles. The number of carboxylic acid groups (broad SMARTS) is 1. The number of benzene rings is 2. The molecular formula is C21H19F3O5. The van der Waals surface area contributed by atoms with E-state index in [0.29, 0.717) is 17.1 Å². The van der Waals surface area contributed by atoms with Gasteiger partial charge in [0.05, 0.1) is 12.2 Å². The van der Waals surface area contributed by atoms with E-state index in [1.54, 1.807) is 24.3 Å². The summed E-state index contributed by atoms with van der Waals surface area (Å²) in [4.78, 5) is 22.6. The highest BCUT2D eigenvalue weighted by Gasteiger charge is 2.25. The van der Waals surface area contributed by atoms with E-state index < -0.39 is 24.5 Å². The van der Waals surface area contributed by atoms with Gasteiger partial charge >= 0.3 is 18.1 Å².